The maximum Gasteiger partial charge on any atom is 0.338 e. The number of hydrogen-bond acceptors (Lipinski definition) is 5. The molecule has 0 saturated carbocycles. The fourth-order valence-corrected chi connectivity index (χ4v) is 2.22. The number of ether oxygens (including phenoxy) is 3. The summed E-state index contributed by atoms with van der Waals surface area (Å²) in [4.78, 5) is 12.0. The van der Waals surface area contributed by atoms with Crippen LogP contribution in [-0.2, 0) is 4.74 Å². The van der Waals surface area contributed by atoms with Gasteiger partial charge in [-0.15, -0.1) is 0 Å². The predicted octanol–water partition coefficient (Wildman–Crippen LogP) is 3.12. The largest absolute Gasteiger partial charge is 0.497 e. The van der Waals surface area contributed by atoms with E-state index in [0.717, 1.165) is 11.4 Å². The van der Waals surface area contributed by atoms with Crippen LogP contribution in [0.25, 0.3) is 5.69 Å². The van der Waals surface area contributed by atoms with E-state index in [-0.39, 0.29) is 19.2 Å². The zero-order chi connectivity index (χ0) is 17.5. The van der Waals surface area contributed by atoms with Crippen molar-refractivity contribution in [2.75, 3.05) is 20.3 Å². The second-order valence-corrected chi connectivity index (χ2v) is 5.16. The lowest BCUT2D eigenvalue weighted by Crippen LogP contribution is -2.12. The number of esters is 1. The Kier molecular flexibility index (Phi) is 5.31. The normalized spacial score (nSPS) is 10.3. The molecular weight excluding hydrogens is 320 g/mol. The number of rotatable bonds is 7. The van der Waals surface area contributed by atoms with Crippen molar-refractivity contribution < 1.29 is 19.0 Å². The molecule has 0 atom stereocenters. The summed E-state index contributed by atoms with van der Waals surface area (Å²) in [6.45, 7) is 0.454. The number of carbonyl (C=O) groups is 1. The Morgan fingerprint density at radius 2 is 1.72 bits per heavy atom. The van der Waals surface area contributed by atoms with Crippen molar-refractivity contribution in [1.82, 2.24) is 9.78 Å². The van der Waals surface area contributed by atoms with Gasteiger partial charge >= 0.3 is 5.97 Å². The minimum absolute atomic E-state index is 0.172. The molecule has 6 heteroatoms. The highest BCUT2D eigenvalue weighted by atomic mass is 16.6. The monoisotopic (exact) mass is 338 g/mol. The van der Waals surface area contributed by atoms with Gasteiger partial charge in [0.2, 0.25) is 0 Å². The van der Waals surface area contributed by atoms with Crippen LogP contribution in [0.2, 0.25) is 0 Å². The Hall–Kier alpha value is -3.28. The number of aromatic nitrogens is 2. The van der Waals surface area contributed by atoms with E-state index in [1.54, 1.807) is 42.3 Å². The van der Waals surface area contributed by atoms with E-state index >= 15 is 0 Å². The summed E-state index contributed by atoms with van der Waals surface area (Å²) >= 11 is 0. The van der Waals surface area contributed by atoms with E-state index < -0.39 is 0 Å². The minimum atomic E-state index is -0.384. The van der Waals surface area contributed by atoms with E-state index in [0.29, 0.717) is 11.3 Å². The summed E-state index contributed by atoms with van der Waals surface area (Å²) in [5.41, 5.74) is 1.37. The molecular formula is C19H18N2O4. The van der Waals surface area contributed by atoms with Gasteiger partial charge in [-0.25, -0.2) is 9.48 Å². The van der Waals surface area contributed by atoms with Crippen LogP contribution in [0, 0.1) is 0 Å². The molecule has 0 N–H and O–H groups in total. The molecule has 6 nitrogen and oxygen atoms in total. The van der Waals surface area contributed by atoms with Crippen LogP contribution in [0.5, 0.6) is 11.5 Å². The average Bonchev–Trinajstić information content (AvgIpc) is 3.20. The SMILES string of the molecule is COc1ccc(OCCOC(=O)c2ccc(-n3cccn3)cc2)cc1. The van der Waals surface area contributed by atoms with Crippen molar-refractivity contribution in [1.29, 1.82) is 0 Å². The molecule has 0 aliphatic carbocycles. The number of methoxy groups -OCH3 is 1. The van der Waals surface area contributed by atoms with Crippen molar-refractivity contribution >= 4 is 5.97 Å². The van der Waals surface area contributed by atoms with Crippen LogP contribution in [0.4, 0.5) is 0 Å². The second kappa shape index (κ2) is 8.01. The molecule has 0 radical (unpaired) electrons. The van der Waals surface area contributed by atoms with Gasteiger partial charge < -0.3 is 14.2 Å². The van der Waals surface area contributed by atoms with Gasteiger partial charge in [-0.3, -0.25) is 0 Å². The van der Waals surface area contributed by atoms with Gasteiger partial charge in [0.1, 0.15) is 24.7 Å². The molecule has 0 aliphatic rings. The summed E-state index contributed by atoms with van der Waals surface area (Å²) in [6.07, 6.45) is 3.54. The van der Waals surface area contributed by atoms with Crippen molar-refractivity contribution in [2.45, 2.75) is 0 Å². The number of nitrogens with zero attached hydrogens (tertiary/aromatic N) is 2. The third-order valence-corrected chi connectivity index (χ3v) is 3.52. The summed E-state index contributed by atoms with van der Waals surface area (Å²) < 4.78 is 17.5. The highest BCUT2D eigenvalue weighted by molar-refractivity contribution is 5.89. The predicted molar refractivity (Wildman–Crippen MR) is 92.3 cm³/mol. The summed E-state index contributed by atoms with van der Waals surface area (Å²) in [5.74, 6) is 1.07. The number of carbonyl (C=O) groups excluding carboxylic acids is 1. The van der Waals surface area contributed by atoms with Gasteiger partial charge in [-0.1, -0.05) is 0 Å². The Morgan fingerprint density at radius 1 is 1.00 bits per heavy atom. The molecule has 0 aliphatic heterocycles. The van der Waals surface area contributed by atoms with Crippen molar-refractivity contribution in [3.8, 4) is 17.2 Å². The Labute approximate surface area is 145 Å². The number of hydrogen-bond donors (Lipinski definition) is 0. The topological polar surface area (TPSA) is 62.6 Å². The van der Waals surface area contributed by atoms with E-state index in [2.05, 4.69) is 5.10 Å². The van der Waals surface area contributed by atoms with Crippen LogP contribution in [0.3, 0.4) is 0 Å². The van der Waals surface area contributed by atoms with Gasteiger partial charge in [0, 0.05) is 12.4 Å². The van der Waals surface area contributed by atoms with Crippen LogP contribution in [0.15, 0.2) is 67.0 Å². The van der Waals surface area contributed by atoms with Gasteiger partial charge in [0.25, 0.3) is 0 Å². The molecule has 0 unspecified atom stereocenters. The summed E-state index contributed by atoms with van der Waals surface area (Å²) in [6, 6.07) is 16.1. The van der Waals surface area contributed by atoms with Gasteiger partial charge in [0.05, 0.1) is 18.4 Å². The summed E-state index contributed by atoms with van der Waals surface area (Å²) in [7, 11) is 1.61. The van der Waals surface area contributed by atoms with Crippen LogP contribution in [0.1, 0.15) is 10.4 Å². The summed E-state index contributed by atoms with van der Waals surface area (Å²) in [5, 5.41) is 4.14. The fraction of sp³-hybridized carbons (Fsp3) is 0.158. The van der Waals surface area contributed by atoms with E-state index in [4.69, 9.17) is 14.2 Å². The zero-order valence-electron chi connectivity index (χ0n) is 13.8. The molecule has 128 valence electrons. The van der Waals surface area contributed by atoms with Gasteiger partial charge in [-0.2, -0.15) is 5.10 Å². The first kappa shape index (κ1) is 16.6. The fourth-order valence-electron chi connectivity index (χ4n) is 2.22. The van der Waals surface area contributed by atoms with Crippen molar-refractivity contribution in [3.05, 3.63) is 72.6 Å². The first-order valence-electron chi connectivity index (χ1n) is 7.80. The molecule has 0 saturated heterocycles. The lowest BCUT2D eigenvalue weighted by molar-refractivity contribution is 0.0450. The smallest absolute Gasteiger partial charge is 0.338 e. The molecule has 3 aromatic rings. The molecule has 2 aromatic carbocycles. The van der Waals surface area contributed by atoms with Crippen LogP contribution < -0.4 is 9.47 Å². The Bertz CT molecular complexity index is 796. The molecule has 0 fully saturated rings. The first-order valence-corrected chi connectivity index (χ1v) is 7.80. The quantitative estimate of drug-likeness (QED) is 0.489. The third-order valence-electron chi connectivity index (χ3n) is 3.52. The molecule has 1 heterocycles. The van der Waals surface area contributed by atoms with Crippen LogP contribution >= 0.6 is 0 Å². The highest BCUT2D eigenvalue weighted by Gasteiger charge is 2.07. The average molecular weight is 338 g/mol. The zero-order valence-corrected chi connectivity index (χ0v) is 13.8. The molecule has 25 heavy (non-hydrogen) atoms. The van der Waals surface area contributed by atoms with Crippen molar-refractivity contribution in [3.63, 3.8) is 0 Å². The van der Waals surface area contributed by atoms with Gasteiger partial charge in [-0.05, 0) is 54.6 Å². The minimum Gasteiger partial charge on any atom is -0.497 e. The molecule has 0 bridgehead atoms. The highest BCUT2D eigenvalue weighted by Crippen LogP contribution is 2.17. The molecule has 3 rings (SSSR count). The second-order valence-electron chi connectivity index (χ2n) is 5.16. The van der Waals surface area contributed by atoms with E-state index in [9.17, 15) is 4.79 Å². The Balaban J connectivity index is 1.45. The number of benzene rings is 2. The molecule has 0 spiro atoms. The Morgan fingerprint density at radius 3 is 2.36 bits per heavy atom. The molecule has 1 aromatic heterocycles. The first-order chi connectivity index (χ1) is 12.3. The van der Waals surface area contributed by atoms with E-state index in [1.807, 2.05) is 36.5 Å². The maximum atomic E-state index is 12.0. The van der Waals surface area contributed by atoms with E-state index in [1.165, 1.54) is 0 Å². The lowest BCUT2D eigenvalue weighted by Gasteiger charge is -2.08. The lowest BCUT2D eigenvalue weighted by atomic mass is 10.2. The van der Waals surface area contributed by atoms with Gasteiger partial charge in [0.15, 0.2) is 0 Å². The third kappa shape index (κ3) is 4.38. The maximum absolute atomic E-state index is 12.0. The standard InChI is InChI=1S/C19H18N2O4/c1-23-17-7-9-18(10-8-17)24-13-14-25-19(22)15-3-5-16(6-4-15)21-12-2-11-20-21/h2-12H,13-14H2,1H3. The van der Waals surface area contributed by atoms with Crippen molar-refractivity contribution in [2.24, 2.45) is 0 Å². The molecule has 0 amide bonds. The van der Waals surface area contributed by atoms with Crippen LogP contribution in [-0.4, -0.2) is 36.1 Å².